The fourth-order valence-corrected chi connectivity index (χ4v) is 1.70. The van der Waals surface area contributed by atoms with Crippen molar-refractivity contribution < 1.29 is 14.8 Å². The normalized spacial score (nSPS) is 11.9. The average Bonchev–Trinajstić information content (AvgIpc) is 2.29. The zero-order chi connectivity index (χ0) is 13.7. The molecule has 0 aliphatic rings. The molecule has 6 heteroatoms. The Morgan fingerprint density at radius 1 is 1.56 bits per heavy atom. The summed E-state index contributed by atoms with van der Waals surface area (Å²) in [6, 6.07) is 4.45. The minimum atomic E-state index is -0.925. The van der Waals surface area contributed by atoms with E-state index in [1.165, 1.54) is 6.07 Å². The molecule has 0 heterocycles. The number of aliphatic carboxylic acids is 1. The van der Waals surface area contributed by atoms with E-state index >= 15 is 0 Å². The van der Waals surface area contributed by atoms with E-state index in [1.54, 1.807) is 19.1 Å². The molecule has 0 saturated heterocycles. The molecule has 0 amide bonds. The monoisotopic (exact) mass is 252 g/mol. The Morgan fingerprint density at radius 2 is 2.22 bits per heavy atom. The van der Waals surface area contributed by atoms with Gasteiger partial charge in [-0.1, -0.05) is 19.1 Å². The molecule has 98 valence electrons. The minimum absolute atomic E-state index is 0.0289. The number of carbonyl (C=O) groups is 1. The van der Waals surface area contributed by atoms with Gasteiger partial charge in [-0.2, -0.15) is 0 Å². The molecule has 1 aromatic rings. The molecule has 0 radical (unpaired) electrons. The Labute approximate surface area is 105 Å². The van der Waals surface area contributed by atoms with Crippen LogP contribution in [0.5, 0.6) is 0 Å². The maximum absolute atomic E-state index is 10.9. The summed E-state index contributed by atoms with van der Waals surface area (Å²) in [7, 11) is 0. The van der Waals surface area contributed by atoms with Crippen molar-refractivity contribution in [2.45, 2.75) is 32.7 Å². The average molecular weight is 252 g/mol. The van der Waals surface area contributed by atoms with Crippen LogP contribution in [-0.2, 0) is 4.79 Å². The van der Waals surface area contributed by atoms with Gasteiger partial charge in [0.05, 0.1) is 11.3 Å². The van der Waals surface area contributed by atoms with E-state index in [-0.39, 0.29) is 18.2 Å². The maximum atomic E-state index is 10.9. The van der Waals surface area contributed by atoms with E-state index in [0.29, 0.717) is 12.1 Å². The third kappa shape index (κ3) is 3.44. The Balaban J connectivity index is 3.01. The fraction of sp³-hybridized carbons (Fsp3) is 0.417. The van der Waals surface area contributed by atoms with Gasteiger partial charge in [0.2, 0.25) is 0 Å². The summed E-state index contributed by atoms with van der Waals surface area (Å²) in [6.07, 6.45) is 0.514. The standard InChI is InChI=1S/C12H16N2O4/c1-3-9(7-11(15)16)13-12-8(2)5-4-6-10(12)14(17)18/h4-6,9,13H,3,7H2,1-2H3,(H,15,16). The summed E-state index contributed by atoms with van der Waals surface area (Å²) in [6.45, 7) is 3.59. The predicted octanol–water partition coefficient (Wildman–Crippen LogP) is 2.57. The van der Waals surface area contributed by atoms with Crippen LogP contribution in [0.2, 0.25) is 0 Å². The van der Waals surface area contributed by atoms with Crippen molar-refractivity contribution in [3.63, 3.8) is 0 Å². The molecule has 0 bridgehead atoms. The lowest BCUT2D eigenvalue weighted by Crippen LogP contribution is -2.23. The number of benzene rings is 1. The Bertz CT molecular complexity index is 459. The summed E-state index contributed by atoms with van der Waals surface area (Å²) in [5, 5.41) is 22.6. The molecule has 18 heavy (non-hydrogen) atoms. The van der Waals surface area contributed by atoms with E-state index in [9.17, 15) is 14.9 Å². The molecule has 0 aromatic heterocycles. The van der Waals surface area contributed by atoms with Crippen LogP contribution in [0.4, 0.5) is 11.4 Å². The van der Waals surface area contributed by atoms with Crippen molar-refractivity contribution in [2.24, 2.45) is 0 Å². The number of carboxylic acid groups (broad SMARTS) is 1. The van der Waals surface area contributed by atoms with Gasteiger partial charge in [-0.15, -0.1) is 0 Å². The van der Waals surface area contributed by atoms with Gasteiger partial charge in [-0.05, 0) is 18.9 Å². The zero-order valence-corrected chi connectivity index (χ0v) is 10.3. The number of anilines is 1. The Hall–Kier alpha value is -2.11. The molecule has 0 aliphatic heterocycles. The minimum Gasteiger partial charge on any atom is -0.481 e. The molecule has 0 saturated carbocycles. The van der Waals surface area contributed by atoms with Crippen LogP contribution >= 0.6 is 0 Å². The van der Waals surface area contributed by atoms with Gasteiger partial charge in [-0.3, -0.25) is 14.9 Å². The second kappa shape index (κ2) is 6.00. The number of nitrogens with one attached hydrogen (secondary N) is 1. The fourth-order valence-electron chi connectivity index (χ4n) is 1.70. The van der Waals surface area contributed by atoms with Crippen molar-refractivity contribution in [3.8, 4) is 0 Å². The number of para-hydroxylation sites is 1. The lowest BCUT2D eigenvalue weighted by atomic mass is 10.1. The van der Waals surface area contributed by atoms with E-state index in [4.69, 9.17) is 5.11 Å². The van der Waals surface area contributed by atoms with Crippen LogP contribution in [0.15, 0.2) is 18.2 Å². The number of rotatable bonds is 6. The lowest BCUT2D eigenvalue weighted by Gasteiger charge is -2.17. The van der Waals surface area contributed by atoms with Crippen molar-refractivity contribution in [1.29, 1.82) is 0 Å². The molecule has 0 spiro atoms. The van der Waals surface area contributed by atoms with Crippen molar-refractivity contribution in [1.82, 2.24) is 0 Å². The molecule has 0 aliphatic carbocycles. The predicted molar refractivity (Wildman–Crippen MR) is 67.8 cm³/mol. The van der Waals surface area contributed by atoms with Gasteiger partial charge in [0.15, 0.2) is 0 Å². The number of nitro benzene ring substituents is 1. The van der Waals surface area contributed by atoms with Gasteiger partial charge >= 0.3 is 5.97 Å². The van der Waals surface area contributed by atoms with Gasteiger partial charge < -0.3 is 10.4 Å². The van der Waals surface area contributed by atoms with Crippen molar-refractivity contribution in [2.75, 3.05) is 5.32 Å². The first-order chi connectivity index (χ1) is 8.45. The second-order valence-electron chi connectivity index (χ2n) is 4.07. The number of hydrogen-bond donors (Lipinski definition) is 2. The van der Waals surface area contributed by atoms with Crippen molar-refractivity contribution in [3.05, 3.63) is 33.9 Å². The van der Waals surface area contributed by atoms with E-state index in [2.05, 4.69) is 5.32 Å². The van der Waals surface area contributed by atoms with Gasteiger partial charge in [-0.25, -0.2) is 0 Å². The molecular formula is C12H16N2O4. The largest absolute Gasteiger partial charge is 0.481 e. The lowest BCUT2D eigenvalue weighted by molar-refractivity contribution is -0.384. The number of aryl methyl sites for hydroxylation is 1. The number of nitro groups is 1. The molecule has 2 N–H and O–H groups in total. The highest BCUT2D eigenvalue weighted by molar-refractivity contribution is 5.70. The smallest absolute Gasteiger partial charge is 0.305 e. The summed E-state index contributed by atoms with van der Waals surface area (Å²) in [4.78, 5) is 21.1. The number of nitrogens with zero attached hydrogens (tertiary/aromatic N) is 1. The SMILES string of the molecule is CCC(CC(=O)O)Nc1c(C)cccc1[N+](=O)[O-]. The first kappa shape index (κ1) is 14.0. The van der Waals surface area contributed by atoms with Crippen LogP contribution in [-0.4, -0.2) is 22.0 Å². The summed E-state index contributed by atoms with van der Waals surface area (Å²) in [5.74, 6) is -0.925. The molecule has 0 fully saturated rings. The van der Waals surface area contributed by atoms with Crippen LogP contribution in [0.3, 0.4) is 0 Å². The zero-order valence-electron chi connectivity index (χ0n) is 10.3. The Kier molecular flexibility index (Phi) is 4.65. The summed E-state index contributed by atoms with van der Waals surface area (Å²) >= 11 is 0. The van der Waals surface area contributed by atoms with Gasteiger partial charge in [0.25, 0.3) is 5.69 Å². The third-order valence-corrected chi connectivity index (χ3v) is 2.71. The van der Waals surface area contributed by atoms with E-state index < -0.39 is 10.9 Å². The van der Waals surface area contributed by atoms with Gasteiger partial charge in [0, 0.05) is 12.1 Å². The van der Waals surface area contributed by atoms with Crippen LogP contribution in [0.25, 0.3) is 0 Å². The van der Waals surface area contributed by atoms with E-state index in [1.807, 2.05) is 6.92 Å². The first-order valence-electron chi connectivity index (χ1n) is 5.68. The van der Waals surface area contributed by atoms with Gasteiger partial charge in [0.1, 0.15) is 5.69 Å². The molecule has 1 rings (SSSR count). The van der Waals surface area contributed by atoms with Crippen molar-refractivity contribution >= 4 is 17.3 Å². The highest BCUT2D eigenvalue weighted by Gasteiger charge is 2.19. The summed E-state index contributed by atoms with van der Waals surface area (Å²) in [5.41, 5.74) is 1.10. The first-order valence-corrected chi connectivity index (χ1v) is 5.68. The highest BCUT2D eigenvalue weighted by atomic mass is 16.6. The number of hydrogen-bond acceptors (Lipinski definition) is 4. The van der Waals surface area contributed by atoms with Crippen LogP contribution in [0, 0.1) is 17.0 Å². The van der Waals surface area contributed by atoms with Crippen LogP contribution < -0.4 is 5.32 Å². The molecule has 1 unspecified atom stereocenters. The second-order valence-corrected chi connectivity index (χ2v) is 4.07. The summed E-state index contributed by atoms with van der Waals surface area (Å²) < 4.78 is 0. The molecular weight excluding hydrogens is 236 g/mol. The highest BCUT2D eigenvalue weighted by Crippen LogP contribution is 2.28. The third-order valence-electron chi connectivity index (χ3n) is 2.71. The van der Waals surface area contributed by atoms with Crippen LogP contribution in [0.1, 0.15) is 25.3 Å². The van der Waals surface area contributed by atoms with E-state index in [0.717, 1.165) is 5.56 Å². The maximum Gasteiger partial charge on any atom is 0.305 e. The number of carboxylic acids is 1. The Morgan fingerprint density at radius 3 is 2.72 bits per heavy atom. The topological polar surface area (TPSA) is 92.5 Å². The quantitative estimate of drug-likeness (QED) is 0.599. The molecule has 6 nitrogen and oxygen atoms in total. The molecule has 1 aromatic carbocycles. The molecule has 1 atom stereocenters.